The van der Waals surface area contributed by atoms with Gasteiger partial charge in [0.25, 0.3) is 0 Å². The number of ether oxygens (including phenoxy) is 2. The van der Waals surface area contributed by atoms with Crippen LogP contribution in [0.4, 0.5) is 0 Å². The van der Waals surface area contributed by atoms with Gasteiger partial charge in [0.2, 0.25) is 11.8 Å². The fourth-order valence-corrected chi connectivity index (χ4v) is 4.65. The van der Waals surface area contributed by atoms with Gasteiger partial charge in [0, 0.05) is 44.3 Å². The van der Waals surface area contributed by atoms with E-state index >= 15 is 0 Å². The molecule has 1 spiro atoms. The third kappa shape index (κ3) is 6.71. The lowest BCUT2D eigenvalue weighted by Crippen LogP contribution is -2.52. The van der Waals surface area contributed by atoms with E-state index in [0.29, 0.717) is 18.8 Å². The number of hydrogen-bond acceptors (Lipinski definition) is 6. The number of carbonyl (C=O) groups excluding carboxylic acids is 1. The maximum Gasteiger partial charge on any atom is 0.249 e. The minimum Gasteiger partial charge on any atom is -0.471 e. The summed E-state index contributed by atoms with van der Waals surface area (Å²) in [7, 11) is 1.49. The van der Waals surface area contributed by atoms with Crippen LogP contribution in [0.2, 0.25) is 0 Å². The van der Waals surface area contributed by atoms with Crippen LogP contribution in [-0.2, 0) is 16.0 Å². The van der Waals surface area contributed by atoms with Gasteiger partial charge in [0.15, 0.2) is 0 Å². The summed E-state index contributed by atoms with van der Waals surface area (Å²) in [5, 5.41) is 17.4. The molecule has 1 amide bonds. The Morgan fingerprint density at radius 2 is 2.15 bits per heavy atom. The Morgan fingerprint density at radius 1 is 1.41 bits per heavy atom. The Morgan fingerprint density at radius 3 is 2.74 bits per heavy atom. The zero-order valence-electron chi connectivity index (χ0n) is 21.5. The zero-order valence-corrected chi connectivity index (χ0v) is 21.5. The molecule has 1 aliphatic heterocycles. The van der Waals surface area contributed by atoms with Crippen LogP contribution in [-0.4, -0.2) is 53.5 Å². The molecule has 2 heterocycles. The van der Waals surface area contributed by atoms with Crippen LogP contribution in [0.25, 0.3) is 0 Å². The minimum atomic E-state index is -0.803. The van der Waals surface area contributed by atoms with E-state index in [4.69, 9.17) is 9.47 Å². The Balaban J connectivity index is 1.75. The molecular formula is C27H41N3O4. The highest BCUT2D eigenvalue weighted by atomic mass is 16.5. The first-order valence-electron chi connectivity index (χ1n) is 12.4. The van der Waals surface area contributed by atoms with Crippen molar-refractivity contribution in [2.75, 3.05) is 13.7 Å². The number of amides is 1. The lowest BCUT2D eigenvalue weighted by atomic mass is 9.73. The van der Waals surface area contributed by atoms with Crippen LogP contribution >= 0.6 is 0 Å². The minimum absolute atomic E-state index is 0.0256. The van der Waals surface area contributed by atoms with Crippen molar-refractivity contribution in [2.24, 2.45) is 5.41 Å². The number of aliphatic hydroxyl groups excluding tert-OH is 1. The molecule has 0 radical (unpaired) electrons. The second-order valence-corrected chi connectivity index (χ2v) is 11.0. The molecular weight excluding hydrogens is 430 g/mol. The standard InChI is InChI=1S/C27H41N3O4/c1-7-8-10-21(30-24(32)18(2)33-6)23(31)17-28-22-15-27(11-9-12-27)34-25-20(22)13-19(16-29-25)14-26(3,4)5/h13,16,18,21-23,28,31H,9-12,14-15,17H2,1-6H3,(H,30,32)/t18-,21+,22+,23-/m1/s1. The van der Waals surface area contributed by atoms with Gasteiger partial charge in [0.05, 0.1) is 12.1 Å². The van der Waals surface area contributed by atoms with E-state index < -0.39 is 18.2 Å². The number of fused-ring (bicyclic) bond motifs is 1. The number of aromatic nitrogens is 1. The van der Waals surface area contributed by atoms with Gasteiger partial charge in [-0.1, -0.05) is 20.8 Å². The van der Waals surface area contributed by atoms with Crippen molar-refractivity contribution in [3.63, 3.8) is 0 Å². The summed E-state index contributed by atoms with van der Waals surface area (Å²) < 4.78 is 11.5. The van der Waals surface area contributed by atoms with Gasteiger partial charge in [-0.15, -0.1) is 11.8 Å². The number of nitrogens with one attached hydrogen (secondary N) is 2. The number of nitrogens with zero attached hydrogens (tertiary/aromatic N) is 1. The third-order valence-electron chi connectivity index (χ3n) is 6.79. The van der Waals surface area contributed by atoms with E-state index in [0.717, 1.165) is 37.7 Å². The summed E-state index contributed by atoms with van der Waals surface area (Å²) >= 11 is 0. The molecule has 1 aliphatic carbocycles. The Bertz CT molecular complexity index is 911. The van der Waals surface area contributed by atoms with Crippen molar-refractivity contribution in [3.05, 3.63) is 23.4 Å². The van der Waals surface area contributed by atoms with Crippen LogP contribution in [0.1, 0.15) is 83.9 Å². The number of aliphatic hydroxyl groups is 1. The van der Waals surface area contributed by atoms with Crippen molar-refractivity contribution in [2.45, 2.75) is 103 Å². The van der Waals surface area contributed by atoms with Gasteiger partial charge in [-0.05, 0) is 56.6 Å². The molecule has 1 aromatic rings. The average Bonchev–Trinajstić information content (AvgIpc) is 2.76. The second-order valence-electron chi connectivity index (χ2n) is 11.0. The monoisotopic (exact) mass is 471 g/mol. The van der Waals surface area contributed by atoms with Gasteiger partial charge in [0.1, 0.15) is 11.7 Å². The molecule has 7 heteroatoms. The molecule has 34 heavy (non-hydrogen) atoms. The molecule has 1 fully saturated rings. The average molecular weight is 472 g/mol. The number of pyridine rings is 1. The Kier molecular flexibility index (Phi) is 8.62. The van der Waals surface area contributed by atoms with E-state index in [9.17, 15) is 9.90 Å². The van der Waals surface area contributed by atoms with E-state index in [-0.39, 0.29) is 23.0 Å². The number of hydrogen-bond donors (Lipinski definition) is 3. The van der Waals surface area contributed by atoms with Gasteiger partial charge < -0.3 is 25.2 Å². The highest BCUT2D eigenvalue weighted by Crippen LogP contribution is 2.48. The van der Waals surface area contributed by atoms with Crippen molar-refractivity contribution in [3.8, 4) is 17.7 Å². The fourth-order valence-electron chi connectivity index (χ4n) is 4.65. The Labute approximate surface area is 204 Å². The summed E-state index contributed by atoms with van der Waals surface area (Å²) in [6.45, 7) is 10.4. The molecule has 2 aliphatic rings. The first-order chi connectivity index (χ1) is 16.1. The molecule has 0 saturated heterocycles. The number of carbonyl (C=O) groups is 1. The molecule has 0 unspecified atom stereocenters. The topological polar surface area (TPSA) is 92.7 Å². The lowest BCUT2D eigenvalue weighted by molar-refractivity contribution is -0.131. The molecule has 0 bridgehead atoms. The number of methoxy groups -OCH3 is 1. The van der Waals surface area contributed by atoms with E-state index in [2.05, 4.69) is 54.3 Å². The lowest BCUT2D eigenvalue weighted by Gasteiger charge is -2.47. The SMILES string of the molecule is CC#CC[C@H](NC(=O)[C@@H](C)OC)[C@H](O)CN[C@H]1CC2(CCC2)Oc2ncc(CC(C)(C)C)cc21. The zero-order chi connectivity index (χ0) is 24.9. The maximum absolute atomic E-state index is 12.4. The van der Waals surface area contributed by atoms with Gasteiger partial charge in [-0.3, -0.25) is 4.79 Å². The Hall–Kier alpha value is -2.14. The van der Waals surface area contributed by atoms with Gasteiger partial charge >= 0.3 is 0 Å². The molecule has 188 valence electrons. The maximum atomic E-state index is 12.4. The van der Waals surface area contributed by atoms with Crippen molar-refractivity contribution >= 4 is 5.91 Å². The number of rotatable bonds is 9. The van der Waals surface area contributed by atoms with E-state index in [1.54, 1.807) is 13.8 Å². The second kappa shape index (κ2) is 11.1. The molecule has 3 rings (SSSR count). The quantitative estimate of drug-likeness (QED) is 0.479. The van der Waals surface area contributed by atoms with Crippen molar-refractivity contribution in [1.82, 2.24) is 15.6 Å². The predicted molar refractivity (Wildman–Crippen MR) is 132 cm³/mol. The van der Waals surface area contributed by atoms with Gasteiger partial charge in [-0.2, -0.15) is 0 Å². The first-order valence-corrected chi connectivity index (χ1v) is 12.4. The predicted octanol–water partition coefficient (Wildman–Crippen LogP) is 3.30. The van der Waals surface area contributed by atoms with Crippen LogP contribution in [0.5, 0.6) is 5.88 Å². The highest BCUT2D eigenvalue weighted by molar-refractivity contribution is 5.80. The fraction of sp³-hybridized carbons (Fsp3) is 0.704. The largest absolute Gasteiger partial charge is 0.471 e. The molecule has 1 aromatic heterocycles. The van der Waals surface area contributed by atoms with Crippen LogP contribution in [0, 0.1) is 17.3 Å². The van der Waals surface area contributed by atoms with Crippen LogP contribution < -0.4 is 15.4 Å². The highest BCUT2D eigenvalue weighted by Gasteiger charge is 2.46. The summed E-state index contributed by atoms with van der Waals surface area (Å²) in [6.07, 6.45) is 5.89. The van der Waals surface area contributed by atoms with E-state index in [1.807, 2.05) is 6.20 Å². The van der Waals surface area contributed by atoms with Crippen molar-refractivity contribution in [1.29, 1.82) is 0 Å². The van der Waals surface area contributed by atoms with Crippen LogP contribution in [0.15, 0.2) is 12.3 Å². The summed E-state index contributed by atoms with van der Waals surface area (Å²) in [6, 6.07) is 1.73. The molecule has 3 N–H and O–H groups in total. The third-order valence-corrected chi connectivity index (χ3v) is 6.79. The molecule has 0 aromatic carbocycles. The molecule has 1 saturated carbocycles. The van der Waals surface area contributed by atoms with E-state index in [1.165, 1.54) is 12.7 Å². The van der Waals surface area contributed by atoms with Crippen LogP contribution in [0.3, 0.4) is 0 Å². The molecule has 7 nitrogen and oxygen atoms in total. The smallest absolute Gasteiger partial charge is 0.249 e. The van der Waals surface area contributed by atoms with Gasteiger partial charge in [-0.25, -0.2) is 4.98 Å². The summed E-state index contributed by atoms with van der Waals surface area (Å²) in [5.74, 6) is 6.27. The first kappa shape index (κ1) is 26.5. The summed E-state index contributed by atoms with van der Waals surface area (Å²) in [4.78, 5) is 17.1. The van der Waals surface area contributed by atoms with Crippen molar-refractivity contribution < 1.29 is 19.4 Å². The summed E-state index contributed by atoms with van der Waals surface area (Å²) in [5.41, 5.74) is 2.23. The molecule has 4 atom stereocenters. The normalized spacial score (nSPS) is 21.2.